The van der Waals surface area contributed by atoms with Crippen molar-refractivity contribution in [1.82, 2.24) is 0 Å². The maximum absolute atomic E-state index is 8.88. The van der Waals surface area contributed by atoms with Crippen molar-refractivity contribution in [2.45, 2.75) is 38.6 Å². The van der Waals surface area contributed by atoms with Gasteiger partial charge in [-0.05, 0) is 44.2 Å². The van der Waals surface area contributed by atoms with E-state index in [1.807, 2.05) is 13.0 Å². The maximum atomic E-state index is 8.88. The molecule has 3 nitrogen and oxygen atoms in total. The van der Waals surface area contributed by atoms with Crippen LogP contribution in [0.4, 0.5) is 5.69 Å². The summed E-state index contributed by atoms with van der Waals surface area (Å²) in [5.74, 6) is 0.957. The van der Waals surface area contributed by atoms with Crippen molar-refractivity contribution in [3.63, 3.8) is 0 Å². The van der Waals surface area contributed by atoms with Gasteiger partial charge in [-0.15, -0.1) is 0 Å². The fraction of sp³-hybridized carbons (Fsp3) is 0.571. The van der Waals surface area contributed by atoms with Crippen LogP contribution in [0.5, 0.6) is 5.75 Å². The van der Waals surface area contributed by atoms with Gasteiger partial charge in [-0.1, -0.05) is 12.1 Å². The van der Waals surface area contributed by atoms with Crippen LogP contribution in [-0.2, 0) is 6.42 Å². The van der Waals surface area contributed by atoms with Gasteiger partial charge in [-0.2, -0.15) is 0 Å². The summed E-state index contributed by atoms with van der Waals surface area (Å²) >= 11 is 0. The van der Waals surface area contributed by atoms with Gasteiger partial charge in [0.2, 0.25) is 0 Å². The highest BCUT2D eigenvalue weighted by Crippen LogP contribution is 2.34. The molecular weight excluding hydrogens is 214 g/mol. The summed E-state index contributed by atoms with van der Waals surface area (Å²) in [4.78, 5) is 0. The van der Waals surface area contributed by atoms with Gasteiger partial charge < -0.3 is 15.2 Å². The van der Waals surface area contributed by atoms with Gasteiger partial charge in [-0.25, -0.2) is 0 Å². The van der Waals surface area contributed by atoms with E-state index in [0.717, 1.165) is 37.1 Å². The van der Waals surface area contributed by atoms with E-state index >= 15 is 0 Å². The van der Waals surface area contributed by atoms with E-state index in [-0.39, 0.29) is 6.61 Å². The number of rotatable bonds is 5. The number of hydrogen-bond acceptors (Lipinski definition) is 3. The Bertz CT molecular complexity index is 365. The first kappa shape index (κ1) is 12.2. The zero-order valence-electron chi connectivity index (χ0n) is 10.4. The molecule has 2 N–H and O–H groups in total. The van der Waals surface area contributed by atoms with Crippen LogP contribution in [0.3, 0.4) is 0 Å². The molecule has 2 rings (SSSR count). The van der Waals surface area contributed by atoms with Crippen molar-refractivity contribution in [3.8, 4) is 5.75 Å². The quantitative estimate of drug-likeness (QED) is 0.824. The van der Waals surface area contributed by atoms with E-state index in [4.69, 9.17) is 9.84 Å². The summed E-state index contributed by atoms with van der Waals surface area (Å²) < 4.78 is 5.65. The van der Waals surface area contributed by atoms with Gasteiger partial charge in [-0.3, -0.25) is 0 Å². The number of benzene rings is 1. The molecule has 1 atom stereocenters. The fourth-order valence-corrected chi connectivity index (χ4v) is 2.38. The number of aliphatic hydroxyl groups excluding tert-OH is 1. The van der Waals surface area contributed by atoms with Crippen molar-refractivity contribution in [3.05, 3.63) is 23.8 Å². The van der Waals surface area contributed by atoms with Crippen molar-refractivity contribution in [2.24, 2.45) is 0 Å². The highest BCUT2D eigenvalue weighted by Gasteiger charge is 2.20. The average molecular weight is 235 g/mol. The summed E-state index contributed by atoms with van der Waals surface area (Å²) in [6.45, 7) is 2.98. The first-order valence-corrected chi connectivity index (χ1v) is 6.47. The number of ether oxygens (including phenoxy) is 1. The number of para-hydroxylation sites is 1. The van der Waals surface area contributed by atoms with Crippen LogP contribution in [0.2, 0.25) is 0 Å². The molecule has 1 aliphatic heterocycles. The lowest BCUT2D eigenvalue weighted by molar-refractivity contribution is 0.279. The molecule has 0 saturated carbocycles. The molecule has 17 heavy (non-hydrogen) atoms. The lowest BCUT2D eigenvalue weighted by atomic mass is 9.95. The predicted molar refractivity (Wildman–Crippen MR) is 69.7 cm³/mol. The zero-order valence-corrected chi connectivity index (χ0v) is 10.4. The second-order valence-electron chi connectivity index (χ2n) is 4.47. The fourth-order valence-electron chi connectivity index (χ4n) is 2.38. The van der Waals surface area contributed by atoms with Crippen LogP contribution in [0.15, 0.2) is 18.2 Å². The molecule has 94 valence electrons. The number of nitrogens with one attached hydrogen (secondary N) is 1. The van der Waals surface area contributed by atoms with Gasteiger partial charge in [0.05, 0.1) is 12.3 Å². The topological polar surface area (TPSA) is 41.5 Å². The minimum Gasteiger partial charge on any atom is -0.492 e. The second kappa shape index (κ2) is 5.92. The van der Waals surface area contributed by atoms with Gasteiger partial charge in [0, 0.05) is 12.6 Å². The van der Waals surface area contributed by atoms with Crippen LogP contribution in [0.25, 0.3) is 0 Å². The molecule has 0 aliphatic carbocycles. The Kier molecular flexibility index (Phi) is 4.26. The number of anilines is 1. The average Bonchev–Trinajstić information content (AvgIpc) is 2.37. The summed E-state index contributed by atoms with van der Waals surface area (Å²) in [6.07, 6.45) is 4.13. The first-order valence-electron chi connectivity index (χ1n) is 6.47. The smallest absolute Gasteiger partial charge is 0.142 e. The molecule has 0 amide bonds. The Labute approximate surface area is 103 Å². The zero-order chi connectivity index (χ0) is 12.1. The largest absolute Gasteiger partial charge is 0.492 e. The first-order chi connectivity index (χ1) is 8.35. The van der Waals surface area contributed by atoms with E-state index < -0.39 is 0 Å². The van der Waals surface area contributed by atoms with Crippen molar-refractivity contribution in [2.75, 3.05) is 18.5 Å². The van der Waals surface area contributed by atoms with Gasteiger partial charge in [0.25, 0.3) is 0 Å². The summed E-state index contributed by atoms with van der Waals surface area (Å²) in [6, 6.07) is 6.70. The van der Waals surface area contributed by atoms with Crippen LogP contribution in [0.1, 0.15) is 31.7 Å². The van der Waals surface area contributed by atoms with Crippen LogP contribution in [-0.4, -0.2) is 24.4 Å². The SMILES string of the molecule is CCOc1cccc2c1NC(CCCO)CC2. The normalized spacial score (nSPS) is 18.4. The van der Waals surface area contributed by atoms with Crippen molar-refractivity contribution in [1.29, 1.82) is 0 Å². The molecule has 1 unspecified atom stereocenters. The second-order valence-corrected chi connectivity index (χ2v) is 4.47. The van der Waals surface area contributed by atoms with E-state index in [9.17, 15) is 0 Å². The monoisotopic (exact) mass is 235 g/mol. The van der Waals surface area contributed by atoms with Gasteiger partial charge in [0.15, 0.2) is 0 Å². The van der Waals surface area contributed by atoms with Crippen LogP contribution >= 0.6 is 0 Å². The molecule has 0 aromatic heterocycles. The van der Waals surface area contributed by atoms with E-state index in [1.165, 1.54) is 5.56 Å². The van der Waals surface area contributed by atoms with Crippen LogP contribution < -0.4 is 10.1 Å². The standard InChI is InChI=1S/C14H21NO2/c1-2-17-13-7-3-5-11-8-9-12(6-4-10-16)15-14(11)13/h3,5,7,12,15-16H,2,4,6,8-10H2,1H3. The van der Waals surface area contributed by atoms with Crippen molar-refractivity contribution >= 4 is 5.69 Å². The third kappa shape index (κ3) is 2.91. The lowest BCUT2D eigenvalue weighted by Crippen LogP contribution is -2.26. The molecule has 0 spiro atoms. The summed E-state index contributed by atoms with van der Waals surface area (Å²) in [5, 5.41) is 12.4. The molecule has 1 aromatic rings. The number of hydrogen-bond donors (Lipinski definition) is 2. The molecular formula is C14H21NO2. The minimum absolute atomic E-state index is 0.276. The number of aliphatic hydroxyl groups is 1. The molecule has 3 heteroatoms. The predicted octanol–water partition coefficient (Wildman–Crippen LogP) is 2.58. The molecule has 1 heterocycles. The van der Waals surface area contributed by atoms with E-state index in [2.05, 4.69) is 17.4 Å². The van der Waals surface area contributed by atoms with Gasteiger partial charge >= 0.3 is 0 Å². The molecule has 0 bridgehead atoms. The third-order valence-electron chi connectivity index (χ3n) is 3.23. The van der Waals surface area contributed by atoms with Gasteiger partial charge in [0.1, 0.15) is 5.75 Å². The highest BCUT2D eigenvalue weighted by molar-refractivity contribution is 5.64. The summed E-state index contributed by atoms with van der Waals surface area (Å²) in [7, 11) is 0. The van der Waals surface area contributed by atoms with E-state index in [1.54, 1.807) is 0 Å². The van der Waals surface area contributed by atoms with Crippen LogP contribution in [0, 0.1) is 0 Å². The number of fused-ring (bicyclic) bond motifs is 1. The summed E-state index contributed by atoms with van der Waals surface area (Å²) in [5.41, 5.74) is 2.50. The molecule has 0 saturated heterocycles. The molecule has 0 fully saturated rings. The third-order valence-corrected chi connectivity index (χ3v) is 3.23. The Morgan fingerprint density at radius 3 is 3.12 bits per heavy atom. The van der Waals surface area contributed by atoms with Crippen molar-refractivity contribution < 1.29 is 9.84 Å². The van der Waals surface area contributed by atoms with E-state index in [0.29, 0.717) is 12.6 Å². The number of aryl methyl sites for hydroxylation is 1. The Balaban J connectivity index is 2.11. The maximum Gasteiger partial charge on any atom is 0.142 e. The lowest BCUT2D eigenvalue weighted by Gasteiger charge is -2.28. The Morgan fingerprint density at radius 2 is 2.35 bits per heavy atom. The Hall–Kier alpha value is -1.22. The minimum atomic E-state index is 0.276. The molecule has 1 aliphatic rings. The molecule has 1 aromatic carbocycles. The highest BCUT2D eigenvalue weighted by atomic mass is 16.5. The Morgan fingerprint density at radius 1 is 1.47 bits per heavy atom. The molecule has 0 radical (unpaired) electrons.